The molecular formula is C17H25NO3. The third kappa shape index (κ3) is 4.31. The van der Waals surface area contributed by atoms with Gasteiger partial charge in [0, 0.05) is 17.6 Å². The second-order valence-electron chi connectivity index (χ2n) is 6.67. The van der Waals surface area contributed by atoms with Crippen LogP contribution < -0.4 is 4.90 Å². The normalized spacial score (nSPS) is 12.9. The van der Waals surface area contributed by atoms with E-state index in [-0.39, 0.29) is 12.5 Å². The molecular weight excluding hydrogens is 266 g/mol. The highest BCUT2D eigenvalue weighted by atomic mass is 16.4. The van der Waals surface area contributed by atoms with Crippen LogP contribution in [0.2, 0.25) is 0 Å². The van der Waals surface area contributed by atoms with Crippen molar-refractivity contribution in [2.75, 3.05) is 11.4 Å². The molecule has 0 spiro atoms. The summed E-state index contributed by atoms with van der Waals surface area (Å²) in [6.07, 6.45) is 0. The van der Waals surface area contributed by atoms with Gasteiger partial charge in [0.05, 0.1) is 5.92 Å². The molecule has 21 heavy (non-hydrogen) atoms. The fraction of sp³-hybridized carbons (Fsp3) is 0.529. The molecule has 4 heteroatoms. The Bertz CT molecular complexity index is 543. The van der Waals surface area contributed by atoms with Crippen LogP contribution in [0.4, 0.5) is 5.69 Å². The third-order valence-corrected chi connectivity index (χ3v) is 3.57. The number of carbonyl (C=O) groups excluding carboxylic acids is 1. The van der Waals surface area contributed by atoms with Crippen molar-refractivity contribution in [1.29, 1.82) is 0 Å². The third-order valence-electron chi connectivity index (χ3n) is 3.57. The van der Waals surface area contributed by atoms with Crippen LogP contribution >= 0.6 is 0 Å². The van der Waals surface area contributed by atoms with Gasteiger partial charge in [-0.25, -0.2) is 0 Å². The molecule has 1 aromatic carbocycles. The largest absolute Gasteiger partial charge is 0.481 e. The predicted molar refractivity (Wildman–Crippen MR) is 84.5 cm³/mol. The first-order valence-electron chi connectivity index (χ1n) is 7.16. The summed E-state index contributed by atoms with van der Waals surface area (Å²) in [7, 11) is 0. The molecule has 0 saturated carbocycles. The van der Waals surface area contributed by atoms with Crippen LogP contribution in [0.25, 0.3) is 0 Å². The molecule has 4 nitrogen and oxygen atoms in total. The molecule has 0 bridgehead atoms. The second kappa shape index (κ2) is 6.29. The lowest BCUT2D eigenvalue weighted by Gasteiger charge is -2.31. The number of carboxylic acid groups (broad SMARTS) is 1. The number of benzene rings is 1. The lowest BCUT2D eigenvalue weighted by Crippen LogP contribution is -2.43. The van der Waals surface area contributed by atoms with E-state index in [1.54, 1.807) is 11.8 Å². The molecule has 116 valence electrons. The molecule has 0 aliphatic carbocycles. The Labute approximate surface area is 126 Å². The summed E-state index contributed by atoms with van der Waals surface area (Å²) in [6, 6.07) is 5.77. The topological polar surface area (TPSA) is 57.6 Å². The molecule has 0 fully saturated rings. The van der Waals surface area contributed by atoms with Gasteiger partial charge in [0.1, 0.15) is 0 Å². The van der Waals surface area contributed by atoms with Gasteiger partial charge < -0.3 is 10.0 Å². The summed E-state index contributed by atoms with van der Waals surface area (Å²) < 4.78 is 0. The van der Waals surface area contributed by atoms with E-state index in [0.717, 1.165) is 16.8 Å². The van der Waals surface area contributed by atoms with Crippen molar-refractivity contribution in [3.05, 3.63) is 29.3 Å². The van der Waals surface area contributed by atoms with Crippen molar-refractivity contribution in [3.8, 4) is 0 Å². The summed E-state index contributed by atoms with van der Waals surface area (Å²) in [4.78, 5) is 25.4. The Kier molecular flexibility index (Phi) is 5.15. The first-order chi connectivity index (χ1) is 9.54. The van der Waals surface area contributed by atoms with E-state index >= 15 is 0 Å². The van der Waals surface area contributed by atoms with E-state index in [2.05, 4.69) is 0 Å². The van der Waals surface area contributed by atoms with Crippen LogP contribution in [-0.4, -0.2) is 23.5 Å². The zero-order valence-corrected chi connectivity index (χ0v) is 13.7. The zero-order valence-electron chi connectivity index (χ0n) is 13.7. The highest BCUT2D eigenvalue weighted by Crippen LogP contribution is 2.26. The van der Waals surface area contributed by atoms with Crippen molar-refractivity contribution in [1.82, 2.24) is 0 Å². The van der Waals surface area contributed by atoms with E-state index in [1.165, 1.54) is 0 Å². The molecule has 1 aromatic rings. The van der Waals surface area contributed by atoms with Gasteiger partial charge in [0.25, 0.3) is 0 Å². The van der Waals surface area contributed by atoms with Crippen molar-refractivity contribution in [3.63, 3.8) is 0 Å². The molecule has 1 rings (SSSR count). The minimum atomic E-state index is -0.898. The highest BCUT2D eigenvalue weighted by molar-refractivity contribution is 5.97. The van der Waals surface area contributed by atoms with Gasteiger partial charge in [-0.15, -0.1) is 0 Å². The molecule has 0 aromatic heterocycles. The van der Waals surface area contributed by atoms with Gasteiger partial charge in [-0.2, -0.15) is 0 Å². The number of anilines is 1. The first kappa shape index (κ1) is 17.2. The van der Waals surface area contributed by atoms with Crippen LogP contribution in [-0.2, 0) is 9.59 Å². The van der Waals surface area contributed by atoms with Crippen LogP contribution in [0.15, 0.2) is 18.2 Å². The number of aliphatic carboxylic acids is 1. The Morgan fingerprint density at radius 2 is 1.76 bits per heavy atom. The molecule has 0 radical (unpaired) electrons. The highest BCUT2D eigenvalue weighted by Gasteiger charge is 2.30. The van der Waals surface area contributed by atoms with Crippen LogP contribution in [0, 0.1) is 25.2 Å². The van der Waals surface area contributed by atoms with Gasteiger partial charge in [0.15, 0.2) is 0 Å². The summed E-state index contributed by atoms with van der Waals surface area (Å²) in [6.45, 7) is 11.3. The average molecular weight is 291 g/mol. The zero-order chi connectivity index (χ0) is 16.4. The molecule has 1 amide bonds. The lowest BCUT2D eigenvalue weighted by molar-refractivity contribution is -0.140. The number of hydrogen-bond acceptors (Lipinski definition) is 2. The maximum Gasteiger partial charge on any atom is 0.308 e. The fourth-order valence-corrected chi connectivity index (χ4v) is 1.96. The lowest BCUT2D eigenvalue weighted by atomic mass is 9.93. The first-order valence-corrected chi connectivity index (χ1v) is 7.16. The number of aryl methyl sites for hydroxylation is 2. The number of nitrogens with zero attached hydrogens (tertiary/aromatic N) is 1. The quantitative estimate of drug-likeness (QED) is 0.925. The van der Waals surface area contributed by atoms with Crippen LogP contribution in [0.5, 0.6) is 0 Å². The molecule has 0 aliphatic heterocycles. The van der Waals surface area contributed by atoms with Gasteiger partial charge in [-0.05, 0) is 37.1 Å². The SMILES string of the molecule is Cc1ccc(N(CC(C)C(=O)O)C(=O)C(C)(C)C)cc1C. The predicted octanol–water partition coefficient (Wildman–Crippen LogP) is 3.40. The summed E-state index contributed by atoms with van der Waals surface area (Å²) in [5.74, 6) is -1.58. The molecule has 0 heterocycles. The number of rotatable bonds is 4. The van der Waals surface area contributed by atoms with E-state index in [0.29, 0.717) is 0 Å². The van der Waals surface area contributed by atoms with Gasteiger partial charge in [-0.3, -0.25) is 9.59 Å². The smallest absolute Gasteiger partial charge is 0.308 e. The van der Waals surface area contributed by atoms with Gasteiger partial charge >= 0.3 is 5.97 Å². The Morgan fingerprint density at radius 3 is 2.19 bits per heavy atom. The molecule has 1 unspecified atom stereocenters. The minimum absolute atomic E-state index is 0.0705. The van der Waals surface area contributed by atoms with Gasteiger partial charge in [-0.1, -0.05) is 33.8 Å². The van der Waals surface area contributed by atoms with Crippen molar-refractivity contribution in [2.24, 2.45) is 11.3 Å². The monoisotopic (exact) mass is 291 g/mol. The second-order valence-corrected chi connectivity index (χ2v) is 6.67. The summed E-state index contributed by atoms with van der Waals surface area (Å²) >= 11 is 0. The Balaban J connectivity index is 3.20. The van der Waals surface area contributed by atoms with Gasteiger partial charge in [0.2, 0.25) is 5.91 Å². The van der Waals surface area contributed by atoms with Crippen LogP contribution in [0.1, 0.15) is 38.8 Å². The molecule has 0 aliphatic rings. The number of hydrogen-bond donors (Lipinski definition) is 1. The summed E-state index contributed by atoms with van der Waals surface area (Å²) in [5.41, 5.74) is 2.43. The average Bonchev–Trinajstić information content (AvgIpc) is 2.37. The van der Waals surface area contributed by atoms with E-state index in [4.69, 9.17) is 5.11 Å². The molecule has 1 N–H and O–H groups in total. The molecule has 0 saturated heterocycles. The summed E-state index contributed by atoms with van der Waals surface area (Å²) in [5, 5.41) is 9.12. The minimum Gasteiger partial charge on any atom is -0.481 e. The number of amides is 1. The maximum absolute atomic E-state index is 12.7. The Morgan fingerprint density at radius 1 is 1.19 bits per heavy atom. The van der Waals surface area contributed by atoms with Crippen molar-refractivity contribution < 1.29 is 14.7 Å². The Hall–Kier alpha value is -1.84. The van der Waals surface area contributed by atoms with E-state index in [1.807, 2.05) is 52.8 Å². The fourth-order valence-electron chi connectivity index (χ4n) is 1.96. The number of carboxylic acids is 1. The number of carbonyl (C=O) groups is 2. The van der Waals surface area contributed by atoms with Crippen molar-refractivity contribution in [2.45, 2.75) is 41.5 Å². The van der Waals surface area contributed by atoms with Crippen LogP contribution in [0.3, 0.4) is 0 Å². The standard InChI is InChI=1S/C17H25NO3/c1-11-7-8-14(9-12(11)2)18(10-13(3)15(19)20)16(21)17(4,5)6/h7-9,13H,10H2,1-6H3,(H,19,20). The van der Waals surface area contributed by atoms with Crippen molar-refractivity contribution >= 4 is 17.6 Å². The van der Waals surface area contributed by atoms with E-state index < -0.39 is 17.3 Å². The maximum atomic E-state index is 12.7. The van der Waals surface area contributed by atoms with E-state index in [9.17, 15) is 9.59 Å². The molecule has 1 atom stereocenters.